The minimum Gasteiger partial charge on any atom is -0.233 e. The quantitative estimate of drug-likeness (QED) is 0.262. The Morgan fingerprint density at radius 3 is 1.05 bits per heavy atom. The van der Waals surface area contributed by atoms with E-state index in [4.69, 9.17) is 0 Å². The first-order chi connectivity index (χ1) is 17.5. The Kier molecular flexibility index (Phi) is 15.7. The first-order valence-electron chi connectivity index (χ1n) is 11.2. The molecular weight excluding hydrogens is 480 g/mol. The van der Waals surface area contributed by atoms with Crippen molar-refractivity contribution in [2.45, 2.75) is 48.5 Å². The molecule has 5 rings (SSSR count). The van der Waals surface area contributed by atoms with E-state index in [0.717, 1.165) is 23.0 Å². The molecule has 0 amide bonds. The van der Waals surface area contributed by atoms with Gasteiger partial charge in [-0.05, 0) is 60.7 Å². The van der Waals surface area contributed by atoms with E-state index in [1.54, 1.807) is 61.7 Å². The van der Waals surface area contributed by atoms with Crippen molar-refractivity contribution >= 4 is 0 Å². The van der Waals surface area contributed by atoms with Gasteiger partial charge >= 0.3 is 0 Å². The molecule has 5 heterocycles. The van der Waals surface area contributed by atoms with Crippen molar-refractivity contribution < 1.29 is 0 Å². The molecule has 18 nitrogen and oxygen atoms in total. The highest BCUT2D eigenvalue weighted by Gasteiger charge is 1.94. The maximum Gasteiger partial charge on any atom is 0.171 e. The van der Waals surface area contributed by atoms with Crippen molar-refractivity contribution in [1.29, 1.82) is 0 Å². The van der Waals surface area contributed by atoms with Crippen LogP contribution in [0, 0.1) is 34.6 Å². The molecule has 0 bridgehead atoms. The Balaban J connectivity index is 0.000000431. The maximum absolute atomic E-state index is 4.02. The van der Waals surface area contributed by atoms with Gasteiger partial charge in [0.05, 0.1) is 30.8 Å². The molecule has 0 saturated heterocycles. The van der Waals surface area contributed by atoms with Gasteiger partial charge in [0.1, 0.15) is 11.6 Å². The number of nitrogens with zero attached hydrogens (tertiary/aromatic N) is 18. The molecule has 37 heavy (non-hydrogen) atoms. The zero-order chi connectivity index (χ0) is 28.4. The molecule has 0 aliphatic carbocycles. The third-order valence-electron chi connectivity index (χ3n) is 3.92. The van der Waals surface area contributed by atoms with E-state index < -0.39 is 0 Å². The SMILES string of the molecule is CC.Cc1nn(C)nc1C.Cc1nnn(C)n1.Cc1nnnn1C.Cc1nnnn1C.Cn1nccn1. The van der Waals surface area contributed by atoms with Crippen LogP contribution in [0.3, 0.4) is 0 Å². The van der Waals surface area contributed by atoms with Crippen molar-refractivity contribution in [3.05, 3.63) is 41.3 Å². The summed E-state index contributed by atoms with van der Waals surface area (Å²) in [7, 11) is 8.94. The highest BCUT2D eigenvalue weighted by molar-refractivity contribution is 5.02. The number of aryl methyl sites for hydroxylation is 10. The highest BCUT2D eigenvalue weighted by Crippen LogP contribution is 1.94. The number of hydrogen-bond donors (Lipinski definition) is 0. The van der Waals surface area contributed by atoms with Gasteiger partial charge in [-0.15, -0.1) is 20.4 Å². The van der Waals surface area contributed by atoms with Crippen LogP contribution >= 0.6 is 0 Å². The van der Waals surface area contributed by atoms with Gasteiger partial charge < -0.3 is 0 Å². The molecule has 0 aliphatic heterocycles. The van der Waals surface area contributed by atoms with Gasteiger partial charge in [-0.25, -0.2) is 9.36 Å². The zero-order valence-electron chi connectivity index (χ0n) is 23.7. The summed E-state index contributed by atoms with van der Waals surface area (Å²) in [5.74, 6) is 2.38. The Morgan fingerprint density at radius 1 is 0.514 bits per heavy atom. The van der Waals surface area contributed by atoms with Crippen LogP contribution in [-0.2, 0) is 35.2 Å². The van der Waals surface area contributed by atoms with Crippen molar-refractivity contribution in [1.82, 2.24) is 90.6 Å². The molecule has 0 N–H and O–H groups in total. The molecular formula is C19H38N18. The summed E-state index contributed by atoms with van der Waals surface area (Å²) in [6, 6.07) is 0. The smallest absolute Gasteiger partial charge is 0.171 e. The molecule has 0 aliphatic rings. The van der Waals surface area contributed by atoms with Crippen LogP contribution in [0.25, 0.3) is 0 Å². The summed E-state index contributed by atoms with van der Waals surface area (Å²) in [6.45, 7) is 13.4. The lowest BCUT2D eigenvalue weighted by Gasteiger charge is -1.81. The minimum absolute atomic E-state index is 0.711. The summed E-state index contributed by atoms with van der Waals surface area (Å²) in [5.41, 5.74) is 2.01. The third kappa shape index (κ3) is 14.5. The van der Waals surface area contributed by atoms with E-state index in [2.05, 4.69) is 66.9 Å². The lowest BCUT2D eigenvalue weighted by Crippen LogP contribution is -1.92. The van der Waals surface area contributed by atoms with E-state index in [-0.39, 0.29) is 0 Å². The number of aromatic nitrogens is 18. The van der Waals surface area contributed by atoms with Crippen LogP contribution < -0.4 is 0 Å². The largest absolute Gasteiger partial charge is 0.233 e. The predicted octanol–water partition coefficient (Wildman–Crippen LogP) is -0.171. The van der Waals surface area contributed by atoms with Gasteiger partial charge in [0.25, 0.3) is 0 Å². The Hall–Kier alpha value is -4.51. The Morgan fingerprint density at radius 2 is 0.946 bits per heavy atom. The van der Waals surface area contributed by atoms with Crippen LogP contribution in [0.4, 0.5) is 0 Å². The average molecular weight is 519 g/mol. The molecule has 0 fully saturated rings. The summed E-state index contributed by atoms with van der Waals surface area (Å²) < 4.78 is 3.22. The first-order valence-corrected chi connectivity index (χ1v) is 11.2. The molecule has 18 heteroatoms. The maximum atomic E-state index is 4.02. The standard InChI is InChI=1S/C5H9N3.3C3H6N4.C3H5N3.C2H6/c1-4-5(2)7-8(3)6-4;2*1-3-4-5-6-7(3)2;1-3-4-6-7(2)5-3;1-6-4-2-3-5-6;1-2/h1-3H3;3*1-2H3;2-3H,1H3;1-2H3. The minimum atomic E-state index is 0.711. The van der Waals surface area contributed by atoms with Crippen molar-refractivity contribution in [3.63, 3.8) is 0 Å². The molecule has 0 unspecified atom stereocenters. The van der Waals surface area contributed by atoms with Crippen LogP contribution in [-0.4, -0.2) is 90.6 Å². The molecule has 0 radical (unpaired) electrons. The predicted molar refractivity (Wildman–Crippen MR) is 133 cm³/mol. The number of rotatable bonds is 0. The fourth-order valence-electron chi connectivity index (χ4n) is 1.81. The first kappa shape index (κ1) is 32.5. The summed E-state index contributed by atoms with van der Waals surface area (Å²) in [6.07, 6.45) is 3.28. The molecule has 204 valence electrons. The third-order valence-corrected chi connectivity index (χ3v) is 3.92. The topological polar surface area (TPSA) is 192 Å². The monoisotopic (exact) mass is 518 g/mol. The Labute approximate surface area is 216 Å². The van der Waals surface area contributed by atoms with Crippen molar-refractivity contribution in [2.75, 3.05) is 0 Å². The molecule has 0 spiro atoms. The van der Waals surface area contributed by atoms with E-state index in [9.17, 15) is 0 Å². The second-order valence-electron chi connectivity index (χ2n) is 6.90. The van der Waals surface area contributed by atoms with E-state index in [1.165, 1.54) is 9.59 Å². The van der Waals surface area contributed by atoms with Gasteiger partial charge in [0.15, 0.2) is 5.82 Å². The lowest BCUT2D eigenvalue weighted by molar-refractivity contribution is 0.629. The lowest BCUT2D eigenvalue weighted by atomic mass is 10.4. The second kappa shape index (κ2) is 17.9. The van der Waals surface area contributed by atoms with Crippen LogP contribution in [0.15, 0.2) is 12.4 Å². The van der Waals surface area contributed by atoms with Gasteiger partial charge in [-0.2, -0.15) is 34.8 Å². The van der Waals surface area contributed by atoms with Gasteiger partial charge in [0, 0.05) is 28.2 Å². The fraction of sp³-hybridized carbons (Fsp3) is 0.632. The second-order valence-corrected chi connectivity index (χ2v) is 6.90. The van der Waals surface area contributed by atoms with Crippen LogP contribution in [0.5, 0.6) is 0 Å². The Bertz CT molecular complexity index is 1100. The van der Waals surface area contributed by atoms with Gasteiger partial charge in [0.2, 0.25) is 0 Å². The molecule has 5 aromatic heterocycles. The number of tetrazole rings is 3. The van der Waals surface area contributed by atoms with Crippen molar-refractivity contribution in [2.24, 2.45) is 35.2 Å². The van der Waals surface area contributed by atoms with E-state index in [1.807, 2.05) is 48.6 Å². The highest BCUT2D eigenvalue weighted by atomic mass is 15.6. The summed E-state index contributed by atoms with van der Waals surface area (Å²) in [5, 5.41) is 47.6. The van der Waals surface area contributed by atoms with Crippen LogP contribution in [0.1, 0.15) is 42.7 Å². The number of hydrogen-bond acceptors (Lipinski definition) is 13. The molecule has 0 atom stereocenters. The van der Waals surface area contributed by atoms with Crippen molar-refractivity contribution in [3.8, 4) is 0 Å². The molecule has 0 saturated carbocycles. The average Bonchev–Trinajstić information content (AvgIpc) is 3.68. The normalized spacial score (nSPS) is 9.08. The summed E-state index contributed by atoms with van der Waals surface area (Å²) >= 11 is 0. The molecule has 0 aromatic carbocycles. The van der Waals surface area contributed by atoms with Crippen LogP contribution in [0.2, 0.25) is 0 Å². The van der Waals surface area contributed by atoms with E-state index in [0.29, 0.717) is 5.82 Å². The van der Waals surface area contributed by atoms with Gasteiger partial charge in [-0.3, -0.25) is 0 Å². The molecule has 5 aromatic rings. The fourth-order valence-corrected chi connectivity index (χ4v) is 1.81. The van der Waals surface area contributed by atoms with Gasteiger partial charge in [-0.1, -0.05) is 13.8 Å². The summed E-state index contributed by atoms with van der Waals surface area (Å²) in [4.78, 5) is 4.50. The van der Waals surface area contributed by atoms with E-state index >= 15 is 0 Å². The zero-order valence-corrected chi connectivity index (χ0v) is 23.7.